The molecule has 0 spiro atoms. The minimum atomic E-state index is -3.53. The molecule has 0 radical (unpaired) electrons. The van der Waals surface area contributed by atoms with Gasteiger partial charge in [0.1, 0.15) is 13.2 Å². The van der Waals surface area contributed by atoms with Crippen molar-refractivity contribution in [2.24, 2.45) is 0 Å². The Bertz CT molecular complexity index is 617. The van der Waals surface area contributed by atoms with Crippen LogP contribution < -0.4 is 19.5 Å². The van der Waals surface area contributed by atoms with Gasteiger partial charge in [0, 0.05) is 18.2 Å². The van der Waals surface area contributed by atoms with Crippen molar-refractivity contribution in [2.75, 3.05) is 19.8 Å². The highest BCUT2D eigenvalue weighted by molar-refractivity contribution is 7.89. The SMILES string of the molecule is CC1CC(NS(=O)(=O)c2ccc3c(c2)OCCO3)CCN1. The van der Waals surface area contributed by atoms with E-state index in [-0.39, 0.29) is 10.9 Å². The third-order valence-electron chi connectivity index (χ3n) is 3.77. The normalized spacial score (nSPS) is 25.6. The number of piperidine rings is 1. The van der Waals surface area contributed by atoms with Crippen LogP contribution in [0, 0.1) is 0 Å². The van der Waals surface area contributed by atoms with Gasteiger partial charge in [0.2, 0.25) is 10.0 Å². The first-order valence-corrected chi connectivity index (χ1v) is 8.68. The van der Waals surface area contributed by atoms with Gasteiger partial charge in [-0.25, -0.2) is 13.1 Å². The molecular formula is C14H20N2O4S. The van der Waals surface area contributed by atoms with Crippen LogP contribution in [0.2, 0.25) is 0 Å². The highest BCUT2D eigenvalue weighted by Crippen LogP contribution is 2.32. The number of nitrogens with one attached hydrogen (secondary N) is 2. The molecule has 2 unspecified atom stereocenters. The van der Waals surface area contributed by atoms with E-state index in [2.05, 4.69) is 17.0 Å². The van der Waals surface area contributed by atoms with E-state index in [1.165, 1.54) is 6.07 Å². The van der Waals surface area contributed by atoms with Crippen LogP contribution in [-0.4, -0.2) is 40.3 Å². The molecule has 0 aliphatic carbocycles. The van der Waals surface area contributed by atoms with Gasteiger partial charge in [0.25, 0.3) is 0 Å². The minimum absolute atomic E-state index is 0.0283. The van der Waals surface area contributed by atoms with E-state index in [1.54, 1.807) is 12.1 Å². The van der Waals surface area contributed by atoms with Gasteiger partial charge in [-0.3, -0.25) is 0 Å². The Hall–Kier alpha value is -1.31. The Morgan fingerprint density at radius 3 is 2.76 bits per heavy atom. The minimum Gasteiger partial charge on any atom is -0.486 e. The first kappa shape index (κ1) is 14.6. The molecule has 1 fully saturated rings. The number of benzene rings is 1. The molecule has 1 aromatic carbocycles. The molecule has 2 N–H and O–H groups in total. The monoisotopic (exact) mass is 312 g/mol. The second kappa shape index (κ2) is 5.82. The van der Waals surface area contributed by atoms with E-state index in [9.17, 15) is 8.42 Å². The fourth-order valence-electron chi connectivity index (χ4n) is 2.72. The van der Waals surface area contributed by atoms with Gasteiger partial charge in [0.15, 0.2) is 11.5 Å². The van der Waals surface area contributed by atoms with Crippen molar-refractivity contribution < 1.29 is 17.9 Å². The summed E-state index contributed by atoms with van der Waals surface area (Å²) in [7, 11) is -3.53. The number of rotatable bonds is 3. The first-order valence-electron chi connectivity index (χ1n) is 7.20. The first-order chi connectivity index (χ1) is 10.0. The van der Waals surface area contributed by atoms with Crippen molar-refractivity contribution >= 4 is 10.0 Å². The molecule has 2 heterocycles. The summed E-state index contributed by atoms with van der Waals surface area (Å²) in [5.41, 5.74) is 0. The molecular weight excluding hydrogens is 292 g/mol. The summed E-state index contributed by atoms with van der Waals surface area (Å²) >= 11 is 0. The largest absolute Gasteiger partial charge is 0.486 e. The third kappa shape index (κ3) is 3.30. The number of ether oxygens (including phenoxy) is 2. The molecule has 0 amide bonds. The zero-order valence-corrected chi connectivity index (χ0v) is 12.8. The highest BCUT2D eigenvalue weighted by Gasteiger charge is 2.25. The molecule has 2 aliphatic rings. The molecule has 6 nitrogen and oxygen atoms in total. The second-order valence-electron chi connectivity index (χ2n) is 5.50. The van der Waals surface area contributed by atoms with E-state index in [0.29, 0.717) is 30.8 Å². The maximum Gasteiger partial charge on any atom is 0.240 e. The Labute approximate surface area is 124 Å². The van der Waals surface area contributed by atoms with Crippen LogP contribution in [0.25, 0.3) is 0 Å². The van der Waals surface area contributed by atoms with Gasteiger partial charge in [-0.1, -0.05) is 0 Å². The van der Waals surface area contributed by atoms with Gasteiger partial charge in [0.05, 0.1) is 4.90 Å². The molecule has 0 saturated carbocycles. The fraction of sp³-hybridized carbons (Fsp3) is 0.571. The molecule has 0 bridgehead atoms. The molecule has 1 saturated heterocycles. The third-order valence-corrected chi connectivity index (χ3v) is 5.29. The number of sulfonamides is 1. The molecule has 3 rings (SSSR count). The van der Waals surface area contributed by atoms with Crippen molar-refractivity contribution in [2.45, 2.75) is 36.7 Å². The molecule has 2 aliphatic heterocycles. The van der Waals surface area contributed by atoms with E-state index >= 15 is 0 Å². The van der Waals surface area contributed by atoms with Gasteiger partial charge < -0.3 is 14.8 Å². The maximum atomic E-state index is 12.5. The van der Waals surface area contributed by atoms with E-state index < -0.39 is 10.0 Å². The zero-order chi connectivity index (χ0) is 14.9. The number of hydrogen-bond acceptors (Lipinski definition) is 5. The maximum absolute atomic E-state index is 12.5. The molecule has 1 aromatic rings. The summed E-state index contributed by atoms with van der Waals surface area (Å²) in [6, 6.07) is 5.03. The van der Waals surface area contributed by atoms with Crippen molar-refractivity contribution in [1.82, 2.24) is 10.0 Å². The van der Waals surface area contributed by atoms with Crippen LogP contribution in [-0.2, 0) is 10.0 Å². The van der Waals surface area contributed by atoms with Crippen molar-refractivity contribution in [1.29, 1.82) is 0 Å². The lowest BCUT2D eigenvalue weighted by molar-refractivity contribution is 0.171. The lowest BCUT2D eigenvalue weighted by Gasteiger charge is -2.28. The summed E-state index contributed by atoms with van der Waals surface area (Å²) in [4.78, 5) is 0.220. The lowest BCUT2D eigenvalue weighted by Crippen LogP contribution is -2.46. The highest BCUT2D eigenvalue weighted by atomic mass is 32.2. The summed E-state index contributed by atoms with van der Waals surface area (Å²) < 4.78 is 38.6. The van der Waals surface area contributed by atoms with Crippen LogP contribution in [0.5, 0.6) is 11.5 Å². The van der Waals surface area contributed by atoms with Gasteiger partial charge in [-0.05, 0) is 38.4 Å². The standard InChI is InChI=1S/C14H20N2O4S/c1-10-8-11(4-5-15-10)16-21(17,18)12-2-3-13-14(9-12)20-7-6-19-13/h2-3,9-11,15-16H,4-8H2,1H3. The Kier molecular flexibility index (Phi) is 4.05. The Balaban J connectivity index is 1.78. The predicted octanol–water partition coefficient (Wildman–Crippen LogP) is 0.877. The number of hydrogen-bond donors (Lipinski definition) is 2. The smallest absolute Gasteiger partial charge is 0.240 e. The summed E-state index contributed by atoms with van der Waals surface area (Å²) in [5, 5.41) is 3.31. The predicted molar refractivity (Wildman–Crippen MR) is 78.2 cm³/mol. The summed E-state index contributed by atoms with van der Waals surface area (Å²) in [6.45, 7) is 3.82. The average molecular weight is 312 g/mol. The van der Waals surface area contributed by atoms with E-state index in [4.69, 9.17) is 9.47 Å². The van der Waals surface area contributed by atoms with Crippen molar-refractivity contribution in [3.8, 4) is 11.5 Å². The Morgan fingerprint density at radius 2 is 2.00 bits per heavy atom. The van der Waals surface area contributed by atoms with Crippen molar-refractivity contribution in [3.05, 3.63) is 18.2 Å². The van der Waals surface area contributed by atoms with E-state index in [1.807, 2.05) is 0 Å². The zero-order valence-electron chi connectivity index (χ0n) is 12.0. The fourth-order valence-corrected chi connectivity index (χ4v) is 4.02. The quantitative estimate of drug-likeness (QED) is 0.866. The van der Waals surface area contributed by atoms with Gasteiger partial charge >= 0.3 is 0 Å². The summed E-state index contributed by atoms with van der Waals surface area (Å²) in [5.74, 6) is 1.08. The molecule has 7 heteroatoms. The van der Waals surface area contributed by atoms with Crippen LogP contribution in [0.15, 0.2) is 23.1 Å². The molecule has 21 heavy (non-hydrogen) atoms. The van der Waals surface area contributed by atoms with E-state index in [0.717, 1.165) is 19.4 Å². The van der Waals surface area contributed by atoms with Crippen LogP contribution >= 0.6 is 0 Å². The van der Waals surface area contributed by atoms with Crippen LogP contribution in [0.4, 0.5) is 0 Å². The molecule has 116 valence electrons. The topological polar surface area (TPSA) is 76.7 Å². The van der Waals surface area contributed by atoms with Crippen LogP contribution in [0.3, 0.4) is 0 Å². The lowest BCUT2D eigenvalue weighted by atomic mass is 10.0. The molecule has 0 aromatic heterocycles. The van der Waals surface area contributed by atoms with Gasteiger partial charge in [-0.15, -0.1) is 0 Å². The number of fused-ring (bicyclic) bond motifs is 1. The summed E-state index contributed by atoms with van der Waals surface area (Å²) in [6.07, 6.45) is 1.60. The van der Waals surface area contributed by atoms with Crippen molar-refractivity contribution in [3.63, 3.8) is 0 Å². The molecule has 2 atom stereocenters. The average Bonchev–Trinajstić information content (AvgIpc) is 2.46. The second-order valence-corrected chi connectivity index (χ2v) is 7.22. The van der Waals surface area contributed by atoms with Crippen LogP contribution in [0.1, 0.15) is 19.8 Å². The van der Waals surface area contributed by atoms with Gasteiger partial charge in [-0.2, -0.15) is 0 Å². The Morgan fingerprint density at radius 1 is 1.24 bits per heavy atom.